The molecule has 1 spiro atoms. The Bertz CT molecular complexity index is 1540. The van der Waals surface area contributed by atoms with E-state index in [1.807, 2.05) is 23.1 Å². The average Bonchev–Trinajstić information content (AvgIpc) is 3.57. The van der Waals surface area contributed by atoms with Crippen LogP contribution in [0.25, 0.3) is 11.1 Å². The van der Waals surface area contributed by atoms with Crippen molar-refractivity contribution in [2.45, 2.75) is 62.7 Å². The van der Waals surface area contributed by atoms with Crippen LogP contribution in [0.5, 0.6) is 0 Å². The molecule has 1 amide bonds. The molecule has 0 atom stereocenters. The van der Waals surface area contributed by atoms with Gasteiger partial charge in [0.25, 0.3) is 0 Å². The van der Waals surface area contributed by atoms with Crippen molar-refractivity contribution in [2.24, 2.45) is 0 Å². The second-order valence-corrected chi connectivity index (χ2v) is 12.9. The third kappa shape index (κ3) is 5.29. The first kappa shape index (κ1) is 28.0. The molecular weight excluding hydrogens is 529 g/mol. The number of benzene rings is 3. The fourth-order valence-corrected chi connectivity index (χ4v) is 6.98. The van der Waals surface area contributed by atoms with E-state index in [4.69, 9.17) is 4.74 Å². The zero-order valence-electron chi connectivity index (χ0n) is 22.9. The van der Waals surface area contributed by atoms with Crippen LogP contribution in [0.2, 0.25) is 0 Å². The van der Waals surface area contributed by atoms with Crippen molar-refractivity contribution in [3.05, 3.63) is 83.2 Å². The molecule has 3 aromatic rings. The largest absolute Gasteiger partial charge is 0.462 e. The number of sulfone groups is 1. The Balaban J connectivity index is 1.42. The molecule has 0 radical (unpaired) electrons. The standard InChI is InChI=1S/C32H34FNO5S/c1-3-39-31(36)26-14-11-24(33)20-27(26)23-10-15-29-28(19-23)32(17-5-6-18-32)21-34(29)30(35)16-9-22-7-12-25(13-8-22)40(37,38)4-2/h7-8,10-15,19-20H,3-6,9,16-18,21H2,1-2H3. The summed E-state index contributed by atoms with van der Waals surface area (Å²) in [5.74, 6) is -0.866. The minimum atomic E-state index is -3.26. The van der Waals surface area contributed by atoms with Gasteiger partial charge in [-0.25, -0.2) is 17.6 Å². The van der Waals surface area contributed by atoms with Crippen molar-refractivity contribution in [3.8, 4) is 11.1 Å². The normalized spacial score (nSPS) is 15.8. The number of aryl methyl sites for hydroxylation is 1. The molecule has 0 bridgehead atoms. The number of hydrogen-bond donors (Lipinski definition) is 0. The smallest absolute Gasteiger partial charge is 0.338 e. The summed E-state index contributed by atoms with van der Waals surface area (Å²) in [4.78, 5) is 28.3. The molecule has 40 heavy (non-hydrogen) atoms. The molecule has 1 heterocycles. The highest BCUT2D eigenvalue weighted by Gasteiger charge is 2.46. The first-order valence-corrected chi connectivity index (χ1v) is 15.6. The number of rotatable bonds is 8. The molecular formula is C32H34FNO5S. The Labute approximate surface area is 235 Å². The first-order chi connectivity index (χ1) is 19.2. The van der Waals surface area contributed by atoms with Gasteiger partial charge in [0.2, 0.25) is 5.91 Å². The van der Waals surface area contributed by atoms with Crippen LogP contribution in [-0.4, -0.2) is 39.2 Å². The number of esters is 1. The molecule has 2 aliphatic rings. The number of halogens is 1. The second kappa shape index (κ2) is 11.2. The molecule has 0 N–H and O–H groups in total. The molecule has 1 aliphatic heterocycles. The molecule has 1 saturated carbocycles. The molecule has 5 rings (SSSR count). The molecule has 1 aliphatic carbocycles. The highest BCUT2D eigenvalue weighted by Crippen LogP contribution is 2.51. The molecule has 3 aromatic carbocycles. The monoisotopic (exact) mass is 563 g/mol. The van der Waals surface area contributed by atoms with Crippen molar-refractivity contribution in [1.82, 2.24) is 0 Å². The number of anilines is 1. The molecule has 0 unspecified atom stereocenters. The van der Waals surface area contributed by atoms with Crippen LogP contribution < -0.4 is 4.90 Å². The van der Waals surface area contributed by atoms with Gasteiger partial charge in [-0.2, -0.15) is 0 Å². The first-order valence-electron chi connectivity index (χ1n) is 13.9. The summed E-state index contributed by atoms with van der Waals surface area (Å²) in [6.45, 7) is 4.18. The summed E-state index contributed by atoms with van der Waals surface area (Å²) in [6, 6.07) is 16.6. The van der Waals surface area contributed by atoms with Gasteiger partial charge < -0.3 is 9.64 Å². The van der Waals surface area contributed by atoms with Gasteiger partial charge in [0, 0.05) is 24.1 Å². The summed E-state index contributed by atoms with van der Waals surface area (Å²) in [5.41, 5.74) is 4.21. The van der Waals surface area contributed by atoms with E-state index in [1.54, 1.807) is 38.1 Å². The van der Waals surface area contributed by atoms with Crippen LogP contribution in [-0.2, 0) is 31.2 Å². The van der Waals surface area contributed by atoms with Gasteiger partial charge in [-0.15, -0.1) is 0 Å². The van der Waals surface area contributed by atoms with Gasteiger partial charge in [-0.05, 0) is 90.9 Å². The number of fused-ring (bicyclic) bond motifs is 2. The van der Waals surface area contributed by atoms with Crippen molar-refractivity contribution in [3.63, 3.8) is 0 Å². The van der Waals surface area contributed by atoms with Crippen LogP contribution in [0, 0.1) is 5.82 Å². The van der Waals surface area contributed by atoms with Crippen molar-refractivity contribution in [1.29, 1.82) is 0 Å². The predicted octanol–water partition coefficient (Wildman–Crippen LogP) is 6.25. The van der Waals surface area contributed by atoms with Crippen molar-refractivity contribution in [2.75, 3.05) is 23.8 Å². The van der Waals surface area contributed by atoms with E-state index in [9.17, 15) is 22.4 Å². The van der Waals surface area contributed by atoms with Crippen molar-refractivity contribution >= 4 is 27.4 Å². The SMILES string of the molecule is CCOC(=O)c1ccc(F)cc1-c1ccc2c(c1)C1(CCCC1)CN2C(=O)CCc1ccc(S(=O)(=O)CC)cc1. The van der Waals surface area contributed by atoms with Crippen LogP contribution in [0.1, 0.15) is 67.4 Å². The lowest BCUT2D eigenvalue weighted by Crippen LogP contribution is -2.35. The summed E-state index contributed by atoms with van der Waals surface area (Å²) in [6.07, 6.45) is 4.89. The molecule has 0 saturated heterocycles. The summed E-state index contributed by atoms with van der Waals surface area (Å²) in [7, 11) is -3.26. The fraction of sp³-hybridized carbons (Fsp3) is 0.375. The molecule has 6 nitrogen and oxygen atoms in total. The maximum absolute atomic E-state index is 14.3. The van der Waals surface area contributed by atoms with E-state index in [2.05, 4.69) is 0 Å². The maximum Gasteiger partial charge on any atom is 0.338 e. The highest BCUT2D eigenvalue weighted by molar-refractivity contribution is 7.91. The third-order valence-electron chi connectivity index (χ3n) is 8.26. The molecule has 0 aromatic heterocycles. The Hall–Kier alpha value is -3.52. The number of ether oxygens (including phenoxy) is 1. The van der Waals surface area contributed by atoms with Crippen LogP contribution in [0.15, 0.2) is 65.6 Å². The maximum atomic E-state index is 14.3. The quantitative estimate of drug-likeness (QED) is 0.303. The van der Waals surface area contributed by atoms with Gasteiger partial charge in [0.1, 0.15) is 5.82 Å². The van der Waals surface area contributed by atoms with E-state index < -0.39 is 21.6 Å². The third-order valence-corrected chi connectivity index (χ3v) is 10.0. The molecule has 8 heteroatoms. The minimum absolute atomic E-state index is 0.0148. The summed E-state index contributed by atoms with van der Waals surface area (Å²) < 4.78 is 43.7. The van der Waals surface area contributed by atoms with Crippen LogP contribution >= 0.6 is 0 Å². The molecule has 210 valence electrons. The number of nitrogens with zero attached hydrogens (tertiary/aromatic N) is 1. The second-order valence-electron chi connectivity index (χ2n) is 10.7. The highest BCUT2D eigenvalue weighted by atomic mass is 32.2. The average molecular weight is 564 g/mol. The zero-order chi connectivity index (χ0) is 28.5. The number of carbonyl (C=O) groups excluding carboxylic acids is 2. The van der Waals surface area contributed by atoms with E-state index >= 15 is 0 Å². The zero-order valence-corrected chi connectivity index (χ0v) is 23.7. The Kier molecular flexibility index (Phi) is 7.82. The topological polar surface area (TPSA) is 80.8 Å². The predicted molar refractivity (Wildman–Crippen MR) is 153 cm³/mol. The number of carbonyl (C=O) groups is 2. The van der Waals surface area contributed by atoms with Gasteiger partial charge in [-0.3, -0.25) is 4.79 Å². The number of hydrogen-bond acceptors (Lipinski definition) is 5. The lowest BCUT2D eigenvalue weighted by molar-refractivity contribution is -0.118. The van der Waals surface area contributed by atoms with Crippen molar-refractivity contribution < 1.29 is 27.1 Å². The lowest BCUT2D eigenvalue weighted by atomic mass is 9.79. The van der Waals surface area contributed by atoms with Gasteiger partial charge in [0.05, 0.1) is 22.8 Å². The Morgan fingerprint density at radius 1 is 0.975 bits per heavy atom. The summed E-state index contributed by atoms with van der Waals surface area (Å²) in [5, 5.41) is 0. The van der Waals surface area contributed by atoms with E-state index in [1.165, 1.54) is 18.2 Å². The van der Waals surface area contributed by atoms with Crippen LogP contribution in [0.3, 0.4) is 0 Å². The minimum Gasteiger partial charge on any atom is -0.462 e. The van der Waals surface area contributed by atoms with Gasteiger partial charge >= 0.3 is 5.97 Å². The van der Waals surface area contributed by atoms with E-state index in [-0.39, 0.29) is 23.7 Å². The van der Waals surface area contributed by atoms with E-state index in [0.717, 1.165) is 48.1 Å². The number of amides is 1. The fourth-order valence-electron chi connectivity index (χ4n) is 6.10. The Morgan fingerprint density at radius 2 is 1.70 bits per heavy atom. The van der Waals surface area contributed by atoms with E-state index in [0.29, 0.717) is 35.4 Å². The molecule has 1 fully saturated rings. The summed E-state index contributed by atoms with van der Waals surface area (Å²) >= 11 is 0. The van der Waals surface area contributed by atoms with Gasteiger partial charge in [0.15, 0.2) is 9.84 Å². The lowest BCUT2D eigenvalue weighted by Gasteiger charge is -2.25. The van der Waals surface area contributed by atoms with Crippen LogP contribution in [0.4, 0.5) is 10.1 Å². The Morgan fingerprint density at radius 3 is 2.38 bits per heavy atom. The van der Waals surface area contributed by atoms with Gasteiger partial charge in [-0.1, -0.05) is 38.0 Å².